The summed E-state index contributed by atoms with van der Waals surface area (Å²) in [4.78, 5) is 15.0. The van der Waals surface area contributed by atoms with E-state index in [-0.39, 0.29) is 5.91 Å². The molecule has 2 aromatic carbocycles. The van der Waals surface area contributed by atoms with Gasteiger partial charge in [0.05, 0.1) is 5.69 Å². The van der Waals surface area contributed by atoms with Crippen molar-refractivity contribution in [2.24, 2.45) is 0 Å². The number of carbonyl (C=O) groups excluding carboxylic acids is 1. The second-order valence-electron chi connectivity index (χ2n) is 5.56. The Bertz CT molecular complexity index is 688. The first-order chi connectivity index (χ1) is 11.0. The molecule has 0 saturated carbocycles. The van der Waals surface area contributed by atoms with Crippen LogP contribution in [0.2, 0.25) is 0 Å². The predicted octanol–water partition coefficient (Wildman–Crippen LogP) is 5.01. The van der Waals surface area contributed by atoms with Gasteiger partial charge in [-0.3, -0.25) is 4.79 Å². The third-order valence-corrected chi connectivity index (χ3v) is 4.98. The van der Waals surface area contributed by atoms with Gasteiger partial charge in [-0.1, -0.05) is 18.2 Å². The van der Waals surface area contributed by atoms with Gasteiger partial charge in [-0.15, -0.1) is 0 Å². The van der Waals surface area contributed by atoms with Gasteiger partial charge >= 0.3 is 0 Å². The molecule has 0 saturated heterocycles. The van der Waals surface area contributed by atoms with Crippen LogP contribution in [-0.4, -0.2) is 19.0 Å². The van der Waals surface area contributed by atoms with Crippen molar-refractivity contribution in [2.45, 2.75) is 27.7 Å². The molecule has 0 bridgehead atoms. The number of benzene rings is 2. The lowest BCUT2D eigenvalue weighted by Gasteiger charge is -2.22. The molecule has 4 heteroatoms. The Kier molecular flexibility index (Phi) is 6.04. The Labute approximate surface area is 152 Å². The van der Waals surface area contributed by atoms with E-state index in [9.17, 15) is 4.79 Å². The van der Waals surface area contributed by atoms with Crippen molar-refractivity contribution in [1.29, 1.82) is 0 Å². The third kappa shape index (κ3) is 4.05. The molecule has 0 aromatic heterocycles. The molecular weight excluding hydrogens is 399 g/mol. The lowest BCUT2D eigenvalue weighted by molar-refractivity contribution is 0.102. The Hall–Kier alpha value is -1.56. The minimum atomic E-state index is -0.0461. The highest BCUT2D eigenvalue weighted by atomic mass is 127. The van der Waals surface area contributed by atoms with Gasteiger partial charge in [0.25, 0.3) is 5.91 Å². The Morgan fingerprint density at radius 2 is 1.70 bits per heavy atom. The summed E-state index contributed by atoms with van der Waals surface area (Å²) in [6, 6.07) is 12.1. The summed E-state index contributed by atoms with van der Waals surface area (Å²) in [6.07, 6.45) is 0. The van der Waals surface area contributed by atoms with Crippen LogP contribution in [-0.2, 0) is 0 Å². The highest BCUT2D eigenvalue weighted by Crippen LogP contribution is 2.26. The zero-order chi connectivity index (χ0) is 17.0. The van der Waals surface area contributed by atoms with Crippen LogP contribution >= 0.6 is 22.6 Å². The van der Waals surface area contributed by atoms with Gasteiger partial charge in [0.2, 0.25) is 0 Å². The van der Waals surface area contributed by atoms with E-state index in [1.165, 1.54) is 0 Å². The third-order valence-electron chi connectivity index (χ3n) is 4.03. The van der Waals surface area contributed by atoms with Gasteiger partial charge in [-0.2, -0.15) is 0 Å². The van der Waals surface area contributed by atoms with Crippen molar-refractivity contribution < 1.29 is 4.79 Å². The number of halogens is 1. The Morgan fingerprint density at radius 1 is 1.09 bits per heavy atom. The molecule has 1 amide bonds. The van der Waals surface area contributed by atoms with E-state index in [1.54, 1.807) is 0 Å². The average molecular weight is 422 g/mol. The van der Waals surface area contributed by atoms with Gasteiger partial charge in [0.15, 0.2) is 0 Å². The van der Waals surface area contributed by atoms with Crippen LogP contribution in [0.1, 0.15) is 35.3 Å². The summed E-state index contributed by atoms with van der Waals surface area (Å²) in [5.41, 5.74) is 4.75. The summed E-state index contributed by atoms with van der Waals surface area (Å²) < 4.78 is 1.04. The average Bonchev–Trinajstić information content (AvgIpc) is 2.51. The number of aryl methyl sites for hydroxylation is 2. The molecule has 0 spiro atoms. The van der Waals surface area contributed by atoms with E-state index in [0.717, 1.165) is 44.7 Å². The quantitative estimate of drug-likeness (QED) is 0.688. The molecule has 0 heterocycles. The molecule has 0 unspecified atom stereocenters. The van der Waals surface area contributed by atoms with Crippen molar-refractivity contribution in [1.82, 2.24) is 0 Å². The standard InChI is InChI=1S/C19H23IN2O/c1-5-22(6-2)15-10-11-16(20)17(12-15)21-19(23)18-13(3)8-7-9-14(18)4/h7-12H,5-6H2,1-4H3,(H,21,23). The number of amides is 1. The topological polar surface area (TPSA) is 32.3 Å². The largest absolute Gasteiger partial charge is 0.372 e. The van der Waals surface area contributed by atoms with Gasteiger partial charge in [0.1, 0.15) is 0 Å². The summed E-state index contributed by atoms with van der Waals surface area (Å²) in [6.45, 7) is 10.1. The SMILES string of the molecule is CCN(CC)c1ccc(I)c(NC(=O)c2c(C)cccc2C)c1. The maximum absolute atomic E-state index is 12.7. The minimum absolute atomic E-state index is 0.0461. The molecule has 0 aliphatic rings. The molecule has 122 valence electrons. The Balaban J connectivity index is 2.32. The minimum Gasteiger partial charge on any atom is -0.372 e. The molecule has 2 aromatic rings. The van der Waals surface area contributed by atoms with E-state index >= 15 is 0 Å². The molecule has 0 aliphatic heterocycles. The van der Waals surface area contributed by atoms with Crippen LogP contribution in [0.5, 0.6) is 0 Å². The predicted molar refractivity (Wildman–Crippen MR) is 107 cm³/mol. The maximum atomic E-state index is 12.7. The summed E-state index contributed by atoms with van der Waals surface area (Å²) in [5, 5.41) is 3.08. The zero-order valence-electron chi connectivity index (χ0n) is 14.1. The number of rotatable bonds is 5. The molecule has 0 radical (unpaired) electrons. The lowest BCUT2D eigenvalue weighted by Crippen LogP contribution is -2.22. The van der Waals surface area contributed by atoms with E-state index < -0.39 is 0 Å². The fraction of sp³-hybridized carbons (Fsp3) is 0.316. The molecule has 1 N–H and O–H groups in total. The smallest absolute Gasteiger partial charge is 0.256 e. The normalized spacial score (nSPS) is 10.5. The second-order valence-corrected chi connectivity index (χ2v) is 6.72. The van der Waals surface area contributed by atoms with Gasteiger partial charge in [-0.25, -0.2) is 0 Å². The highest BCUT2D eigenvalue weighted by molar-refractivity contribution is 14.1. The zero-order valence-corrected chi connectivity index (χ0v) is 16.3. The van der Waals surface area contributed by atoms with Crippen molar-refractivity contribution in [3.8, 4) is 0 Å². The number of nitrogens with one attached hydrogen (secondary N) is 1. The summed E-state index contributed by atoms with van der Waals surface area (Å²) in [7, 11) is 0. The van der Waals surface area contributed by atoms with Crippen molar-refractivity contribution in [2.75, 3.05) is 23.3 Å². The molecule has 2 rings (SSSR count). The van der Waals surface area contributed by atoms with Crippen LogP contribution < -0.4 is 10.2 Å². The van der Waals surface area contributed by atoms with E-state index in [2.05, 4.69) is 64.9 Å². The van der Waals surface area contributed by atoms with Crippen molar-refractivity contribution in [3.05, 3.63) is 56.7 Å². The van der Waals surface area contributed by atoms with Crippen molar-refractivity contribution >= 4 is 39.9 Å². The highest BCUT2D eigenvalue weighted by Gasteiger charge is 2.14. The van der Waals surface area contributed by atoms with Gasteiger partial charge in [-0.05, 0) is 79.6 Å². The number of hydrogen-bond donors (Lipinski definition) is 1. The lowest BCUT2D eigenvalue weighted by atomic mass is 10.0. The van der Waals surface area contributed by atoms with Gasteiger partial charge in [0, 0.05) is 27.9 Å². The van der Waals surface area contributed by atoms with E-state index in [1.807, 2.05) is 32.0 Å². The van der Waals surface area contributed by atoms with Crippen molar-refractivity contribution in [3.63, 3.8) is 0 Å². The first-order valence-electron chi connectivity index (χ1n) is 7.90. The van der Waals surface area contributed by atoms with Crippen LogP contribution in [0.3, 0.4) is 0 Å². The fourth-order valence-corrected chi connectivity index (χ4v) is 3.22. The monoisotopic (exact) mass is 422 g/mol. The van der Waals surface area contributed by atoms with Crippen LogP contribution in [0.15, 0.2) is 36.4 Å². The summed E-state index contributed by atoms with van der Waals surface area (Å²) >= 11 is 2.26. The Morgan fingerprint density at radius 3 is 2.26 bits per heavy atom. The van der Waals surface area contributed by atoms with Gasteiger partial charge < -0.3 is 10.2 Å². The molecule has 0 atom stereocenters. The first kappa shape index (κ1) is 17.8. The maximum Gasteiger partial charge on any atom is 0.256 e. The van der Waals surface area contributed by atoms with Crippen LogP contribution in [0, 0.1) is 17.4 Å². The number of anilines is 2. The second kappa shape index (κ2) is 7.81. The fourth-order valence-electron chi connectivity index (χ4n) is 2.75. The number of carbonyl (C=O) groups is 1. The number of nitrogens with zero attached hydrogens (tertiary/aromatic N) is 1. The molecule has 23 heavy (non-hydrogen) atoms. The number of hydrogen-bond acceptors (Lipinski definition) is 2. The molecule has 3 nitrogen and oxygen atoms in total. The summed E-state index contributed by atoms with van der Waals surface area (Å²) in [5.74, 6) is -0.0461. The molecule has 0 fully saturated rings. The van der Waals surface area contributed by atoms with E-state index in [0.29, 0.717) is 0 Å². The van der Waals surface area contributed by atoms with E-state index in [4.69, 9.17) is 0 Å². The van der Waals surface area contributed by atoms with Crippen LogP contribution in [0.4, 0.5) is 11.4 Å². The molecule has 0 aliphatic carbocycles. The first-order valence-corrected chi connectivity index (χ1v) is 8.97. The van der Waals surface area contributed by atoms with Crippen LogP contribution in [0.25, 0.3) is 0 Å². The molecular formula is C19H23IN2O.